The molecular weight excluding hydrogens is 578 g/mol. The number of rotatable bonds is 13. The standard InChI is InChI=1S/C29H31N5O6S2/c1-19(35)40-33-27(30)21-9-5-8-20(16-21)17-25(29-32-24-12-3-4-13-26(24)41-29)34-42(37,38)23-11-6-10-22(18-23)28(36)31-14-7-15-39-2/h3-6,8-13,16,18,25,34H,7,14-15,17H2,1-2H3,(H2,30,33)(H,31,36). The third kappa shape index (κ3) is 8.19. The van der Waals surface area contributed by atoms with Gasteiger partial charge in [0.2, 0.25) is 10.0 Å². The summed E-state index contributed by atoms with van der Waals surface area (Å²) in [5.74, 6) is -0.982. The molecule has 0 bridgehead atoms. The van der Waals surface area contributed by atoms with Crippen molar-refractivity contribution in [1.29, 1.82) is 0 Å². The Morgan fingerprint density at radius 1 is 1.05 bits per heavy atom. The molecule has 0 aliphatic rings. The number of amides is 1. The molecule has 1 atom stereocenters. The third-order valence-electron chi connectivity index (χ3n) is 6.06. The van der Waals surface area contributed by atoms with Crippen LogP contribution in [0, 0.1) is 0 Å². The highest BCUT2D eigenvalue weighted by Crippen LogP contribution is 2.30. The number of nitrogens with zero attached hydrogens (tertiary/aromatic N) is 2. The minimum absolute atomic E-state index is 0.00137. The van der Waals surface area contributed by atoms with Crippen LogP contribution in [0.5, 0.6) is 0 Å². The summed E-state index contributed by atoms with van der Waals surface area (Å²) in [6.07, 6.45) is 0.863. The highest BCUT2D eigenvalue weighted by atomic mass is 32.2. The van der Waals surface area contributed by atoms with E-state index >= 15 is 0 Å². The van der Waals surface area contributed by atoms with Crippen LogP contribution in [0.4, 0.5) is 0 Å². The van der Waals surface area contributed by atoms with E-state index in [0.717, 1.165) is 15.8 Å². The number of para-hydroxylation sites is 1. The van der Waals surface area contributed by atoms with Crippen LogP contribution >= 0.6 is 11.3 Å². The van der Waals surface area contributed by atoms with Crippen molar-refractivity contribution in [3.63, 3.8) is 0 Å². The van der Waals surface area contributed by atoms with Crippen molar-refractivity contribution in [2.45, 2.75) is 30.7 Å². The first-order valence-corrected chi connectivity index (χ1v) is 15.3. The minimum atomic E-state index is -4.08. The van der Waals surface area contributed by atoms with Gasteiger partial charge in [-0.25, -0.2) is 22.9 Å². The Morgan fingerprint density at radius 2 is 1.81 bits per heavy atom. The molecule has 0 fully saturated rings. The number of sulfonamides is 1. The molecule has 42 heavy (non-hydrogen) atoms. The largest absolute Gasteiger partial charge is 0.385 e. The molecule has 4 rings (SSSR count). The third-order valence-corrected chi connectivity index (χ3v) is 8.68. The smallest absolute Gasteiger partial charge is 0.332 e. The number of fused-ring (bicyclic) bond motifs is 1. The number of thiazole rings is 1. The van der Waals surface area contributed by atoms with Gasteiger partial charge in [-0.3, -0.25) is 4.79 Å². The topological polar surface area (TPSA) is 162 Å². The summed E-state index contributed by atoms with van der Waals surface area (Å²) in [4.78, 5) is 33.0. The normalized spacial score (nSPS) is 12.7. The van der Waals surface area contributed by atoms with Crippen LogP contribution in [0.1, 0.15) is 45.9 Å². The van der Waals surface area contributed by atoms with Gasteiger partial charge in [0, 0.05) is 38.3 Å². The molecule has 0 aliphatic heterocycles. The highest BCUT2D eigenvalue weighted by molar-refractivity contribution is 7.89. The molecule has 4 N–H and O–H groups in total. The van der Waals surface area contributed by atoms with Gasteiger partial charge in [-0.1, -0.05) is 41.6 Å². The number of hydrogen-bond acceptors (Lipinski definition) is 9. The number of oxime groups is 1. The SMILES string of the molecule is COCCCNC(=O)c1cccc(S(=O)(=O)NC(Cc2cccc(C(N)=NOC(C)=O)c2)c2nc3ccccc3s2)c1. The molecule has 0 aliphatic carbocycles. The lowest BCUT2D eigenvalue weighted by Gasteiger charge is -2.18. The second-order valence-electron chi connectivity index (χ2n) is 9.29. The van der Waals surface area contributed by atoms with E-state index in [1.807, 2.05) is 30.3 Å². The van der Waals surface area contributed by atoms with Gasteiger partial charge >= 0.3 is 5.97 Å². The fourth-order valence-corrected chi connectivity index (χ4v) is 6.40. The molecule has 11 nitrogen and oxygen atoms in total. The number of benzene rings is 3. The second-order valence-corrected chi connectivity index (χ2v) is 12.1. The maximum atomic E-state index is 13.6. The first-order valence-electron chi connectivity index (χ1n) is 13.0. The van der Waals surface area contributed by atoms with Gasteiger partial charge in [0.25, 0.3) is 5.91 Å². The molecule has 0 saturated heterocycles. The van der Waals surface area contributed by atoms with Gasteiger partial charge in [-0.2, -0.15) is 0 Å². The summed E-state index contributed by atoms with van der Waals surface area (Å²) in [6.45, 7) is 2.12. The van der Waals surface area contributed by atoms with E-state index in [1.54, 1.807) is 31.4 Å². The van der Waals surface area contributed by atoms with Crippen LogP contribution in [0.15, 0.2) is 82.8 Å². The van der Waals surface area contributed by atoms with Gasteiger partial charge in [0.05, 0.1) is 21.2 Å². The van der Waals surface area contributed by atoms with E-state index in [1.165, 1.54) is 36.5 Å². The predicted molar refractivity (Wildman–Crippen MR) is 161 cm³/mol. The molecule has 0 radical (unpaired) electrons. The van der Waals surface area contributed by atoms with Crippen molar-refractivity contribution >= 4 is 49.3 Å². The minimum Gasteiger partial charge on any atom is -0.385 e. The molecule has 0 saturated carbocycles. The van der Waals surface area contributed by atoms with Crippen LogP contribution in [-0.2, 0) is 30.8 Å². The lowest BCUT2D eigenvalue weighted by molar-refractivity contribution is -0.140. The van der Waals surface area contributed by atoms with Crippen LogP contribution < -0.4 is 15.8 Å². The Morgan fingerprint density at radius 3 is 2.57 bits per heavy atom. The summed E-state index contributed by atoms with van der Waals surface area (Å²) < 4.78 is 36.0. The first-order chi connectivity index (χ1) is 20.2. The Hall–Kier alpha value is -4.17. The summed E-state index contributed by atoms with van der Waals surface area (Å²) in [7, 11) is -2.50. The van der Waals surface area contributed by atoms with E-state index < -0.39 is 22.0 Å². The van der Waals surface area contributed by atoms with Gasteiger partial charge < -0.3 is 20.6 Å². The lowest BCUT2D eigenvalue weighted by Crippen LogP contribution is -2.31. The van der Waals surface area contributed by atoms with Crippen LogP contribution in [0.2, 0.25) is 0 Å². The summed E-state index contributed by atoms with van der Waals surface area (Å²) in [5.41, 5.74) is 8.20. The van der Waals surface area contributed by atoms with Crippen molar-refractivity contribution in [2.24, 2.45) is 10.9 Å². The zero-order valence-electron chi connectivity index (χ0n) is 23.1. The molecule has 3 aromatic carbocycles. The molecule has 1 amide bonds. The predicted octanol–water partition coefficient (Wildman–Crippen LogP) is 3.51. The number of aromatic nitrogens is 1. The second kappa shape index (κ2) is 14.1. The highest BCUT2D eigenvalue weighted by Gasteiger charge is 2.25. The van der Waals surface area contributed by atoms with Crippen LogP contribution in [-0.4, -0.2) is 51.4 Å². The van der Waals surface area contributed by atoms with Gasteiger partial charge in [0.15, 0.2) is 5.84 Å². The Bertz CT molecular complexity index is 1670. The summed E-state index contributed by atoms with van der Waals surface area (Å²) in [5, 5.41) is 6.97. The first kappa shape index (κ1) is 30.8. The number of amidine groups is 1. The average molecular weight is 610 g/mol. The van der Waals surface area contributed by atoms with E-state index in [-0.39, 0.29) is 28.6 Å². The average Bonchev–Trinajstić information content (AvgIpc) is 3.42. The van der Waals surface area contributed by atoms with Crippen molar-refractivity contribution < 1.29 is 27.6 Å². The van der Waals surface area contributed by atoms with Crippen LogP contribution in [0.3, 0.4) is 0 Å². The number of carbonyl (C=O) groups is 2. The van der Waals surface area contributed by atoms with E-state index in [2.05, 4.69) is 20.0 Å². The molecule has 1 unspecified atom stereocenters. The monoisotopic (exact) mass is 609 g/mol. The van der Waals surface area contributed by atoms with E-state index in [4.69, 9.17) is 15.5 Å². The Labute approximate surface area is 247 Å². The molecule has 1 heterocycles. The van der Waals surface area contributed by atoms with Gasteiger partial charge in [-0.05, 0) is 54.8 Å². The lowest BCUT2D eigenvalue weighted by atomic mass is 10.0. The fourth-order valence-electron chi connectivity index (χ4n) is 4.06. The zero-order chi connectivity index (χ0) is 30.1. The quantitative estimate of drug-likeness (QED) is 0.0682. The number of methoxy groups -OCH3 is 1. The zero-order valence-corrected chi connectivity index (χ0v) is 24.7. The van der Waals surface area contributed by atoms with Crippen LogP contribution in [0.25, 0.3) is 10.2 Å². The van der Waals surface area contributed by atoms with Gasteiger partial charge in [0.1, 0.15) is 5.01 Å². The van der Waals surface area contributed by atoms with Crippen molar-refractivity contribution in [2.75, 3.05) is 20.3 Å². The molecule has 1 aromatic heterocycles. The van der Waals surface area contributed by atoms with Crippen molar-refractivity contribution in [3.05, 3.63) is 94.5 Å². The molecular formula is C29H31N5O6S2. The maximum Gasteiger partial charge on any atom is 0.332 e. The fraction of sp³-hybridized carbons (Fsp3) is 0.241. The summed E-state index contributed by atoms with van der Waals surface area (Å²) in [6, 6.07) is 19.7. The van der Waals surface area contributed by atoms with E-state index in [0.29, 0.717) is 30.1 Å². The van der Waals surface area contributed by atoms with Crippen molar-refractivity contribution in [1.82, 2.24) is 15.0 Å². The molecule has 220 valence electrons. The van der Waals surface area contributed by atoms with Crippen molar-refractivity contribution in [3.8, 4) is 0 Å². The number of nitrogens with two attached hydrogens (primary N) is 1. The van der Waals surface area contributed by atoms with E-state index in [9.17, 15) is 18.0 Å². The summed E-state index contributed by atoms with van der Waals surface area (Å²) >= 11 is 1.39. The number of nitrogens with one attached hydrogen (secondary N) is 2. The number of ether oxygens (including phenoxy) is 1. The number of hydrogen-bond donors (Lipinski definition) is 3. The number of carbonyl (C=O) groups excluding carboxylic acids is 2. The molecule has 4 aromatic rings. The molecule has 0 spiro atoms. The maximum absolute atomic E-state index is 13.6. The molecule has 13 heteroatoms. The Kier molecular flexibility index (Phi) is 10.4. The van der Waals surface area contributed by atoms with Gasteiger partial charge in [-0.15, -0.1) is 11.3 Å². The Balaban J connectivity index is 1.63.